The fourth-order valence-corrected chi connectivity index (χ4v) is 3.48. The zero-order chi connectivity index (χ0) is 14.0. The van der Waals surface area contributed by atoms with Crippen LogP contribution in [0.4, 0.5) is 0 Å². The second-order valence-corrected chi connectivity index (χ2v) is 6.59. The van der Waals surface area contributed by atoms with Crippen molar-refractivity contribution in [3.8, 4) is 0 Å². The van der Waals surface area contributed by atoms with Crippen molar-refractivity contribution in [2.24, 2.45) is 5.92 Å². The van der Waals surface area contributed by atoms with Crippen LogP contribution in [0.3, 0.4) is 0 Å². The first-order valence-electron chi connectivity index (χ1n) is 7.96. The van der Waals surface area contributed by atoms with Crippen LogP contribution in [0.15, 0.2) is 18.5 Å². The molecule has 2 unspecified atom stereocenters. The first-order valence-corrected chi connectivity index (χ1v) is 7.96. The SMILES string of the molecule is CCCC1CNC(C)(C2CC2)CN1Cc1ncccn1. The summed E-state index contributed by atoms with van der Waals surface area (Å²) in [5.41, 5.74) is 0.291. The van der Waals surface area contributed by atoms with Gasteiger partial charge in [0.1, 0.15) is 5.82 Å². The van der Waals surface area contributed by atoms with Crippen LogP contribution in [0.25, 0.3) is 0 Å². The molecular weight excluding hydrogens is 248 g/mol. The summed E-state index contributed by atoms with van der Waals surface area (Å²) in [5, 5.41) is 3.83. The quantitative estimate of drug-likeness (QED) is 0.894. The van der Waals surface area contributed by atoms with Crippen LogP contribution >= 0.6 is 0 Å². The second kappa shape index (κ2) is 5.78. The highest BCUT2D eigenvalue weighted by atomic mass is 15.3. The molecule has 1 aromatic heterocycles. The van der Waals surface area contributed by atoms with Gasteiger partial charge in [0, 0.05) is 37.1 Å². The Morgan fingerprint density at radius 3 is 2.75 bits per heavy atom. The Morgan fingerprint density at radius 2 is 2.10 bits per heavy atom. The number of hydrogen-bond donors (Lipinski definition) is 1. The third-order valence-electron chi connectivity index (χ3n) is 4.85. The normalized spacial score (nSPS) is 31.4. The highest BCUT2D eigenvalue weighted by Crippen LogP contribution is 2.41. The largest absolute Gasteiger partial charge is 0.308 e. The van der Waals surface area contributed by atoms with Crippen molar-refractivity contribution in [1.82, 2.24) is 20.2 Å². The summed E-state index contributed by atoms with van der Waals surface area (Å²) in [5.74, 6) is 1.82. The molecule has 1 aliphatic carbocycles. The van der Waals surface area contributed by atoms with Crippen molar-refractivity contribution in [3.05, 3.63) is 24.3 Å². The van der Waals surface area contributed by atoms with E-state index in [1.54, 1.807) is 0 Å². The summed E-state index contributed by atoms with van der Waals surface area (Å²) < 4.78 is 0. The molecule has 1 saturated heterocycles. The van der Waals surface area contributed by atoms with E-state index in [-0.39, 0.29) is 0 Å². The van der Waals surface area contributed by atoms with Crippen LogP contribution in [0.2, 0.25) is 0 Å². The second-order valence-electron chi connectivity index (χ2n) is 6.59. The number of nitrogens with one attached hydrogen (secondary N) is 1. The molecule has 20 heavy (non-hydrogen) atoms. The molecule has 0 bridgehead atoms. The maximum absolute atomic E-state index is 4.40. The minimum Gasteiger partial charge on any atom is -0.308 e. The smallest absolute Gasteiger partial charge is 0.142 e. The molecule has 1 saturated carbocycles. The van der Waals surface area contributed by atoms with Gasteiger partial charge < -0.3 is 5.32 Å². The van der Waals surface area contributed by atoms with E-state index in [9.17, 15) is 0 Å². The lowest BCUT2D eigenvalue weighted by atomic mass is 9.90. The highest BCUT2D eigenvalue weighted by molar-refractivity contribution is 5.05. The average Bonchev–Trinajstić information content (AvgIpc) is 3.28. The van der Waals surface area contributed by atoms with Gasteiger partial charge in [-0.1, -0.05) is 13.3 Å². The molecular formula is C16H26N4. The Kier molecular flexibility index (Phi) is 4.03. The molecule has 0 radical (unpaired) electrons. The fraction of sp³-hybridized carbons (Fsp3) is 0.750. The zero-order valence-electron chi connectivity index (χ0n) is 12.7. The topological polar surface area (TPSA) is 41.0 Å². The van der Waals surface area contributed by atoms with E-state index in [0.717, 1.165) is 31.4 Å². The molecule has 0 amide bonds. The van der Waals surface area contributed by atoms with Crippen molar-refractivity contribution in [3.63, 3.8) is 0 Å². The lowest BCUT2D eigenvalue weighted by Gasteiger charge is -2.46. The van der Waals surface area contributed by atoms with Crippen molar-refractivity contribution in [1.29, 1.82) is 0 Å². The lowest BCUT2D eigenvalue weighted by Crippen LogP contribution is -2.63. The maximum atomic E-state index is 4.40. The number of rotatable bonds is 5. The van der Waals surface area contributed by atoms with Crippen LogP contribution < -0.4 is 5.32 Å². The third kappa shape index (κ3) is 3.01. The fourth-order valence-electron chi connectivity index (χ4n) is 3.48. The average molecular weight is 274 g/mol. The van der Waals surface area contributed by atoms with Crippen LogP contribution in [0.1, 0.15) is 45.4 Å². The Morgan fingerprint density at radius 1 is 1.35 bits per heavy atom. The highest BCUT2D eigenvalue weighted by Gasteiger charge is 2.45. The van der Waals surface area contributed by atoms with Gasteiger partial charge in [0.25, 0.3) is 0 Å². The van der Waals surface area contributed by atoms with E-state index in [0.29, 0.717) is 11.6 Å². The van der Waals surface area contributed by atoms with Crippen LogP contribution in [-0.4, -0.2) is 39.5 Å². The Hall–Kier alpha value is -1.00. The van der Waals surface area contributed by atoms with Gasteiger partial charge in [-0.25, -0.2) is 9.97 Å². The van der Waals surface area contributed by atoms with E-state index in [4.69, 9.17) is 0 Å². The molecule has 1 aliphatic heterocycles. The molecule has 2 heterocycles. The van der Waals surface area contributed by atoms with Gasteiger partial charge in [0.05, 0.1) is 6.54 Å². The maximum Gasteiger partial charge on any atom is 0.142 e. The van der Waals surface area contributed by atoms with Crippen molar-refractivity contribution < 1.29 is 0 Å². The number of hydrogen-bond acceptors (Lipinski definition) is 4. The Balaban J connectivity index is 1.71. The van der Waals surface area contributed by atoms with E-state index in [1.807, 2.05) is 18.5 Å². The summed E-state index contributed by atoms with van der Waals surface area (Å²) in [6.45, 7) is 7.78. The van der Waals surface area contributed by atoms with Crippen molar-refractivity contribution in [2.45, 2.75) is 57.7 Å². The summed E-state index contributed by atoms with van der Waals surface area (Å²) in [4.78, 5) is 11.4. The van der Waals surface area contributed by atoms with Gasteiger partial charge in [0.15, 0.2) is 0 Å². The minimum atomic E-state index is 0.291. The summed E-state index contributed by atoms with van der Waals surface area (Å²) in [6.07, 6.45) is 8.95. The van der Waals surface area contributed by atoms with Gasteiger partial charge in [-0.15, -0.1) is 0 Å². The first-order chi connectivity index (χ1) is 9.71. The monoisotopic (exact) mass is 274 g/mol. The standard InChI is InChI=1S/C16H26N4/c1-3-5-14-10-19-16(2,13-6-7-13)12-20(14)11-15-17-8-4-9-18-15/h4,8-9,13-14,19H,3,5-7,10-12H2,1-2H3. The molecule has 2 atom stereocenters. The number of nitrogens with zero attached hydrogens (tertiary/aromatic N) is 3. The number of piperazine rings is 1. The van der Waals surface area contributed by atoms with Crippen LogP contribution in [0, 0.1) is 5.92 Å². The molecule has 0 spiro atoms. The van der Waals surface area contributed by atoms with E-state index in [2.05, 4.69) is 34.0 Å². The predicted molar refractivity (Wildman–Crippen MR) is 80.3 cm³/mol. The molecule has 4 heteroatoms. The van der Waals surface area contributed by atoms with Gasteiger partial charge in [-0.3, -0.25) is 4.90 Å². The summed E-state index contributed by atoms with van der Waals surface area (Å²) >= 11 is 0. The van der Waals surface area contributed by atoms with Crippen molar-refractivity contribution in [2.75, 3.05) is 13.1 Å². The molecule has 0 aromatic carbocycles. The van der Waals surface area contributed by atoms with E-state index < -0.39 is 0 Å². The summed E-state index contributed by atoms with van der Waals surface area (Å²) in [7, 11) is 0. The lowest BCUT2D eigenvalue weighted by molar-refractivity contribution is 0.0617. The van der Waals surface area contributed by atoms with Gasteiger partial charge in [0.2, 0.25) is 0 Å². The minimum absolute atomic E-state index is 0.291. The third-order valence-corrected chi connectivity index (χ3v) is 4.85. The zero-order valence-corrected chi connectivity index (χ0v) is 12.7. The van der Waals surface area contributed by atoms with E-state index in [1.165, 1.54) is 25.7 Å². The molecule has 1 N–H and O–H groups in total. The van der Waals surface area contributed by atoms with Crippen molar-refractivity contribution >= 4 is 0 Å². The predicted octanol–water partition coefficient (Wildman–Crippen LogP) is 2.22. The van der Waals surface area contributed by atoms with Gasteiger partial charge in [-0.2, -0.15) is 0 Å². The summed E-state index contributed by atoms with van der Waals surface area (Å²) in [6, 6.07) is 2.51. The van der Waals surface area contributed by atoms with E-state index >= 15 is 0 Å². The molecule has 110 valence electrons. The van der Waals surface area contributed by atoms with Crippen LogP contribution in [0.5, 0.6) is 0 Å². The van der Waals surface area contributed by atoms with Crippen LogP contribution in [-0.2, 0) is 6.54 Å². The van der Waals surface area contributed by atoms with Gasteiger partial charge in [-0.05, 0) is 38.2 Å². The number of aromatic nitrogens is 2. The first kappa shape index (κ1) is 14.0. The molecule has 2 aliphatic rings. The molecule has 3 rings (SSSR count). The Labute approximate surface area is 122 Å². The molecule has 4 nitrogen and oxygen atoms in total. The van der Waals surface area contributed by atoms with Gasteiger partial charge >= 0.3 is 0 Å². The Bertz CT molecular complexity index is 431. The molecule has 1 aromatic rings. The molecule has 2 fully saturated rings.